The van der Waals surface area contributed by atoms with Crippen LogP contribution in [0.4, 0.5) is 5.69 Å². The fraction of sp³-hybridized carbons (Fsp3) is 0.0833. The van der Waals surface area contributed by atoms with Crippen LogP contribution < -0.4 is 0 Å². The highest BCUT2D eigenvalue weighted by atomic mass is 35.5. The van der Waals surface area contributed by atoms with Crippen molar-refractivity contribution in [2.24, 2.45) is 0 Å². The van der Waals surface area contributed by atoms with E-state index in [-0.39, 0.29) is 10.6 Å². The number of benzene rings is 1. The van der Waals surface area contributed by atoms with Crippen molar-refractivity contribution in [1.82, 2.24) is 0 Å². The van der Waals surface area contributed by atoms with Crippen molar-refractivity contribution in [3.05, 3.63) is 49.3 Å². The van der Waals surface area contributed by atoms with Crippen LogP contribution in [0.1, 0.15) is 9.67 Å². The molecule has 0 aliphatic heterocycles. The molecule has 1 aromatic carbocycles. The Morgan fingerprint density at radius 1 is 1.38 bits per heavy atom. The van der Waals surface area contributed by atoms with Crippen molar-refractivity contribution in [1.29, 1.82) is 0 Å². The second-order valence-electron chi connectivity index (χ2n) is 3.68. The maximum atomic E-state index is 11.5. The van der Waals surface area contributed by atoms with E-state index in [0.717, 1.165) is 23.1 Å². The lowest BCUT2D eigenvalue weighted by atomic mass is 10.4. The van der Waals surface area contributed by atoms with E-state index in [1.165, 1.54) is 13.2 Å². The summed E-state index contributed by atoms with van der Waals surface area (Å²) < 4.78 is 4.88. The number of thiophene rings is 1. The molecule has 0 radical (unpaired) electrons. The van der Waals surface area contributed by atoms with Gasteiger partial charge in [0.2, 0.25) is 0 Å². The van der Waals surface area contributed by atoms with Crippen molar-refractivity contribution in [3.8, 4) is 0 Å². The first-order chi connectivity index (χ1) is 9.93. The summed E-state index contributed by atoms with van der Waals surface area (Å²) in [5, 5.41) is 11.9. The van der Waals surface area contributed by atoms with E-state index in [2.05, 4.69) is 4.74 Å². The lowest BCUT2D eigenvalue weighted by Crippen LogP contribution is -1.97. The van der Waals surface area contributed by atoms with Gasteiger partial charge in [0.15, 0.2) is 0 Å². The standard InChI is InChI=1S/C12H7Cl2NO4S2/c1-19-11(16)9-5-8(15(17)18)12(20-9)21-10-6(13)3-2-4-7(10)14/h2-5H,1H3. The van der Waals surface area contributed by atoms with Crippen LogP contribution in [0, 0.1) is 10.1 Å². The molecule has 0 aliphatic carbocycles. The van der Waals surface area contributed by atoms with Gasteiger partial charge in [0, 0.05) is 6.07 Å². The predicted molar refractivity (Wildman–Crippen MR) is 82.9 cm³/mol. The number of methoxy groups -OCH3 is 1. The van der Waals surface area contributed by atoms with Gasteiger partial charge in [0.1, 0.15) is 9.09 Å². The van der Waals surface area contributed by atoms with Crippen molar-refractivity contribution in [3.63, 3.8) is 0 Å². The van der Waals surface area contributed by atoms with Gasteiger partial charge in [-0.15, -0.1) is 11.3 Å². The fourth-order valence-electron chi connectivity index (χ4n) is 1.44. The van der Waals surface area contributed by atoms with Crippen LogP contribution >= 0.6 is 46.3 Å². The molecule has 0 aliphatic rings. The molecule has 0 amide bonds. The number of carbonyl (C=O) groups excluding carboxylic acids is 1. The molecule has 1 heterocycles. The van der Waals surface area contributed by atoms with E-state index in [1.807, 2.05) is 0 Å². The summed E-state index contributed by atoms with van der Waals surface area (Å²) in [5.74, 6) is -0.625. The number of hydrogen-bond donors (Lipinski definition) is 0. The molecule has 0 fully saturated rings. The van der Waals surface area contributed by atoms with E-state index in [9.17, 15) is 14.9 Å². The van der Waals surface area contributed by atoms with E-state index in [4.69, 9.17) is 23.2 Å². The zero-order valence-corrected chi connectivity index (χ0v) is 13.6. The van der Waals surface area contributed by atoms with Crippen molar-refractivity contribution in [2.45, 2.75) is 9.10 Å². The highest BCUT2D eigenvalue weighted by molar-refractivity contribution is 8.01. The Kier molecular flexibility index (Phi) is 5.10. The Morgan fingerprint density at radius 2 is 2.00 bits per heavy atom. The number of esters is 1. The average Bonchev–Trinajstić information content (AvgIpc) is 2.86. The zero-order valence-electron chi connectivity index (χ0n) is 10.5. The minimum absolute atomic E-state index is 0.148. The maximum Gasteiger partial charge on any atom is 0.348 e. The fourth-order valence-corrected chi connectivity index (χ4v) is 4.28. The van der Waals surface area contributed by atoms with E-state index >= 15 is 0 Å². The molecule has 110 valence electrons. The first-order valence-electron chi connectivity index (χ1n) is 5.42. The van der Waals surface area contributed by atoms with Crippen LogP contribution in [0.3, 0.4) is 0 Å². The Balaban J connectivity index is 2.46. The molecule has 0 saturated heterocycles. The van der Waals surface area contributed by atoms with Crippen molar-refractivity contribution in [2.75, 3.05) is 7.11 Å². The Bertz CT molecular complexity index is 697. The molecule has 21 heavy (non-hydrogen) atoms. The van der Waals surface area contributed by atoms with E-state index < -0.39 is 10.9 Å². The van der Waals surface area contributed by atoms with E-state index in [0.29, 0.717) is 19.1 Å². The van der Waals surface area contributed by atoms with Gasteiger partial charge >= 0.3 is 5.97 Å². The summed E-state index contributed by atoms with van der Waals surface area (Å²) in [4.78, 5) is 22.7. The minimum Gasteiger partial charge on any atom is -0.465 e. The van der Waals surface area contributed by atoms with E-state index in [1.54, 1.807) is 18.2 Å². The summed E-state index contributed by atoms with van der Waals surface area (Å²) in [6, 6.07) is 6.13. The maximum absolute atomic E-state index is 11.5. The van der Waals surface area contributed by atoms with Crippen LogP contribution in [0.5, 0.6) is 0 Å². The van der Waals surface area contributed by atoms with Crippen LogP contribution in [-0.4, -0.2) is 18.0 Å². The van der Waals surface area contributed by atoms with Gasteiger partial charge < -0.3 is 4.74 Å². The van der Waals surface area contributed by atoms with Gasteiger partial charge in [-0.3, -0.25) is 10.1 Å². The molecule has 1 aromatic heterocycles. The Hall–Kier alpha value is -1.28. The summed E-state index contributed by atoms with van der Waals surface area (Å²) >= 11 is 14.1. The summed E-state index contributed by atoms with van der Waals surface area (Å²) in [6.07, 6.45) is 0. The largest absolute Gasteiger partial charge is 0.465 e. The smallest absolute Gasteiger partial charge is 0.348 e. The molecular formula is C12H7Cl2NO4S2. The number of hydrogen-bond acceptors (Lipinski definition) is 6. The third-order valence-electron chi connectivity index (χ3n) is 2.38. The topological polar surface area (TPSA) is 69.4 Å². The molecule has 5 nitrogen and oxygen atoms in total. The summed E-state index contributed by atoms with van der Waals surface area (Å²) in [6.45, 7) is 0. The first-order valence-corrected chi connectivity index (χ1v) is 7.81. The quantitative estimate of drug-likeness (QED) is 0.438. The van der Waals surface area contributed by atoms with Crippen molar-refractivity contribution >= 4 is 58.0 Å². The number of rotatable bonds is 4. The number of nitrogens with zero attached hydrogens (tertiary/aromatic N) is 1. The monoisotopic (exact) mass is 363 g/mol. The number of halogens is 2. The highest BCUT2D eigenvalue weighted by Gasteiger charge is 2.24. The first kappa shape index (κ1) is 16.1. The van der Waals surface area contributed by atoms with Crippen molar-refractivity contribution < 1.29 is 14.5 Å². The molecule has 2 rings (SSSR count). The van der Waals surface area contributed by atoms with Gasteiger partial charge in [0.25, 0.3) is 5.69 Å². The Morgan fingerprint density at radius 3 is 2.52 bits per heavy atom. The SMILES string of the molecule is COC(=O)c1cc([N+](=O)[O-])c(Sc2c(Cl)cccc2Cl)s1. The second-order valence-corrected chi connectivity index (χ2v) is 6.83. The predicted octanol–water partition coefficient (Wildman–Crippen LogP) is 4.90. The van der Waals surface area contributed by atoms with Gasteiger partial charge in [-0.25, -0.2) is 4.79 Å². The van der Waals surface area contributed by atoms with Crippen LogP contribution in [0.2, 0.25) is 10.0 Å². The number of nitro groups is 1. The molecule has 0 bridgehead atoms. The molecule has 0 atom stereocenters. The third kappa shape index (κ3) is 3.49. The lowest BCUT2D eigenvalue weighted by molar-refractivity contribution is -0.387. The van der Waals surface area contributed by atoms with Crippen LogP contribution in [0.25, 0.3) is 0 Å². The molecule has 9 heteroatoms. The zero-order chi connectivity index (χ0) is 15.6. The molecular weight excluding hydrogens is 357 g/mol. The van der Waals surface area contributed by atoms with Gasteiger partial charge in [-0.2, -0.15) is 0 Å². The third-order valence-corrected chi connectivity index (χ3v) is 5.67. The molecule has 0 N–H and O–H groups in total. The average molecular weight is 364 g/mol. The van der Waals surface area contributed by atoms with Crippen LogP contribution in [0.15, 0.2) is 33.4 Å². The van der Waals surface area contributed by atoms with Gasteiger partial charge in [-0.05, 0) is 12.1 Å². The molecule has 0 spiro atoms. The normalized spacial score (nSPS) is 10.4. The second kappa shape index (κ2) is 6.65. The summed E-state index contributed by atoms with van der Waals surface area (Å²) in [5.41, 5.74) is -0.179. The molecule has 2 aromatic rings. The Labute approximate surface area is 138 Å². The highest BCUT2D eigenvalue weighted by Crippen LogP contribution is 2.45. The van der Waals surface area contributed by atoms with Gasteiger partial charge in [0.05, 0.1) is 27.0 Å². The number of carbonyl (C=O) groups is 1. The lowest BCUT2D eigenvalue weighted by Gasteiger charge is -2.04. The number of ether oxygens (including phenoxy) is 1. The molecule has 0 saturated carbocycles. The van der Waals surface area contributed by atoms with Gasteiger partial charge in [-0.1, -0.05) is 41.0 Å². The molecule has 0 unspecified atom stereocenters. The minimum atomic E-state index is -0.625. The van der Waals surface area contributed by atoms with Crippen LogP contribution in [-0.2, 0) is 4.74 Å². The summed E-state index contributed by atoms with van der Waals surface area (Å²) in [7, 11) is 1.21.